The molecule has 0 unspecified atom stereocenters. The van der Waals surface area contributed by atoms with Gasteiger partial charge in [-0.25, -0.2) is 0 Å². The van der Waals surface area contributed by atoms with Gasteiger partial charge in [-0.05, 0) is 43.4 Å². The van der Waals surface area contributed by atoms with Gasteiger partial charge in [-0.15, -0.1) is 0 Å². The van der Waals surface area contributed by atoms with Gasteiger partial charge in [0.15, 0.2) is 0 Å². The average Bonchev–Trinajstić information content (AvgIpc) is 2.68. The smallest absolute Gasteiger partial charge is 0.296 e. The van der Waals surface area contributed by atoms with Gasteiger partial charge in [0.1, 0.15) is 23.8 Å². The van der Waals surface area contributed by atoms with Crippen LogP contribution >= 0.6 is 11.6 Å². The lowest BCUT2D eigenvalue weighted by molar-refractivity contribution is -0.384. The number of methoxy groups -OCH3 is 1. The van der Waals surface area contributed by atoms with Crippen molar-refractivity contribution in [1.82, 2.24) is 4.90 Å². The van der Waals surface area contributed by atoms with Crippen molar-refractivity contribution < 1.29 is 19.2 Å². The summed E-state index contributed by atoms with van der Waals surface area (Å²) in [6.07, 6.45) is 0.195. The fourth-order valence-corrected chi connectivity index (χ4v) is 2.49. The summed E-state index contributed by atoms with van der Waals surface area (Å²) in [6.45, 7) is 1.57. The summed E-state index contributed by atoms with van der Waals surface area (Å²) < 4.78 is 10.6. The molecular weight excluding hydrogens is 386 g/mol. The second-order valence-corrected chi connectivity index (χ2v) is 6.48. The maximum absolute atomic E-state index is 12.1. The van der Waals surface area contributed by atoms with E-state index < -0.39 is 4.92 Å². The summed E-state index contributed by atoms with van der Waals surface area (Å²) in [7, 11) is 3.29. The van der Waals surface area contributed by atoms with Crippen molar-refractivity contribution in [3.8, 4) is 11.5 Å². The third-order valence-corrected chi connectivity index (χ3v) is 4.20. The van der Waals surface area contributed by atoms with Crippen molar-refractivity contribution in [1.29, 1.82) is 0 Å². The first kappa shape index (κ1) is 21.5. The number of carbonyl (C=O) groups is 1. The topological polar surface area (TPSA) is 93.9 Å². The number of hydrogen-bond donors (Lipinski definition) is 1. The van der Waals surface area contributed by atoms with Gasteiger partial charge >= 0.3 is 0 Å². The zero-order valence-corrected chi connectivity index (χ0v) is 16.4. The second-order valence-electron chi connectivity index (χ2n) is 6.04. The molecule has 0 atom stereocenters. The van der Waals surface area contributed by atoms with Crippen molar-refractivity contribution in [2.45, 2.75) is 6.42 Å². The van der Waals surface area contributed by atoms with E-state index in [2.05, 4.69) is 5.32 Å². The number of nitrogens with one attached hydrogen (secondary N) is 1. The van der Waals surface area contributed by atoms with Gasteiger partial charge < -0.3 is 19.7 Å². The molecule has 0 aliphatic carbocycles. The number of nitrogens with zero attached hydrogens (tertiary/aromatic N) is 2. The molecule has 0 fully saturated rings. The monoisotopic (exact) mass is 407 g/mol. The number of halogens is 1. The quantitative estimate of drug-likeness (QED) is 0.477. The Balaban J connectivity index is 1.77. The molecule has 0 aliphatic rings. The number of anilines is 1. The highest BCUT2D eigenvalue weighted by molar-refractivity contribution is 6.30. The molecule has 150 valence electrons. The molecule has 1 N–H and O–H groups in total. The summed E-state index contributed by atoms with van der Waals surface area (Å²) in [6, 6.07) is 11.4. The Bertz CT molecular complexity index is 814. The minimum absolute atomic E-state index is 0.143. The molecule has 0 heterocycles. The maximum atomic E-state index is 12.1. The van der Waals surface area contributed by atoms with Crippen molar-refractivity contribution in [3.05, 3.63) is 57.6 Å². The molecule has 0 saturated carbocycles. The normalized spacial score (nSPS) is 10.6. The van der Waals surface area contributed by atoms with Crippen LogP contribution in [0.1, 0.15) is 6.42 Å². The molecular formula is C19H22ClN3O5. The van der Waals surface area contributed by atoms with Crippen LogP contribution in [0.15, 0.2) is 42.5 Å². The highest BCUT2D eigenvalue weighted by atomic mass is 35.5. The first-order chi connectivity index (χ1) is 13.4. The summed E-state index contributed by atoms with van der Waals surface area (Å²) in [4.78, 5) is 24.7. The Labute approximate surface area is 168 Å². The lowest BCUT2D eigenvalue weighted by atomic mass is 10.2. The van der Waals surface area contributed by atoms with Crippen LogP contribution in [0, 0.1) is 10.1 Å². The Morgan fingerprint density at radius 2 is 1.86 bits per heavy atom. The molecule has 0 aromatic heterocycles. The van der Waals surface area contributed by atoms with E-state index in [0.29, 0.717) is 30.5 Å². The van der Waals surface area contributed by atoms with E-state index in [1.165, 1.54) is 19.2 Å². The molecule has 28 heavy (non-hydrogen) atoms. The first-order valence-corrected chi connectivity index (χ1v) is 8.96. The van der Waals surface area contributed by atoms with Gasteiger partial charge in [-0.1, -0.05) is 11.6 Å². The predicted molar refractivity (Wildman–Crippen MR) is 107 cm³/mol. The Kier molecular flexibility index (Phi) is 8.03. The molecule has 2 rings (SSSR count). The van der Waals surface area contributed by atoms with Gasteiger partial charge in [-0.3, -0.25) is 14.9 Å². The van der Waals surface area contributed by atoms with Crippen LogP contribution in [-0.4, -0.2) is 49.6 Å². The lowest BCUT2D eigenvalue weighted by Crippen LogP contribution is -2.28. The van der Waals surface area contributed by atoms with Crippen LogP contribution < -0.4 is 14.8 Å². The largest absolute Gasteiger partial charge is 0.496 e. The fourth-order valence-electron chi connectivity index (χ4n) is 2.36. The van der Waals surface area contributed by atoms with Gasteiger partial charge in [-0.2, -0.15) is 0 Å². The van der Waals surface area contributed by atoms with Crippen molar-refractivity contribution in [3.63, 3.8) is 0 Å². The Morgan fingerprint density at radius 3 is 2.50 bits per heavy atom. The maximum Gasteiger partial charge on any atom is 0.296 e. The van der Waals surface area contributed by atoms with Gasteiger partial charge in [0, 0.05) is 24.5 Å². The van der Waals surface area contributed by atoms with Crippen molar-refractivity contribution in [2.75, 3.05) is 39.2 Å². The standard InChI is InChI=1S/C19H22ClN3O5/c1-22(11-12-28-15-5-3-14(20)4-6-15)10-9-19(24)21-17-8-7-16(27-2)13-18(17)23(25)26/h3-8,13H,9-12H2,1-2H3,(H,21,24). The van der Waals surface area contributed by atoms with Crippen LogP contribution in [0.3, 0.4) is 0 Å². The predicted octanol–water partition coefficient (Wildman–Crippen LogP) is 3.60. The van der Waals surface area contributed by atoms with E-state index in [9.17, 15) is 14.9 Å². The molecule has 2 aromatic rings. The number of likely N-dealkylation sites (N-methyl/N-ethyl adjacent to an activating group) is 1. The van der Waals surface area contributed by atoms with Crippen LogP contribution in [0.2, 0.25) is 5.02 Å². The summed E-state index contributed by atoms with van der Waals surface area (Å²) in [5.41, 5.74) is -0.0676. The van der Waals surface area contributed by atoms with E-state index in [4.69, 9.17) is 21.1 Å². The lowest BCUT2D eigenvalue weighted by Gasteiger charge is -2.17. The number of rotatable bonds is 10. The number of hydrogen-bond acceptors (Lipinski definition) is 6. The van der Waals surface area contributed by atoms with E-state index in [1.807, 2.05) is 11.9 Å². The van der Waals surface area contributed by atoms with Crippen LogP contribution in [0.4, 0.5) is 11.4 Å². The van der Waals surface area contributed by atoms with Gasteiger partial charge in [0.25, 0.3) is 5.69 Å². The molecule has 8 nitrogen and oxygen atoms in total. The highest BCUT2D eigenvalue weighted by Gasteiger charge is 2.17. The molecule has 0 saturated heterocycles. The van der Waals surface area contributed by atoms with Crippen molar-refractivity contribution >= 4 is 28.9 Å². The minimum Gasteiger partial charge on any atom is -0.496 e. The van der Waals surface area contributed by atoms with Crippen molar-refractivity contribution in [2.24, 2.45) is 0 Å². The van der Waals surface area contributed by atoms with Crippen LogP contribution in [-0.2, 0) is 4.79 Å². The number of nitro benzene ring substituents is 1. The number of carbonyl (C=O) groups excluding carboxylic acids is 1. The first-order valence-electron chi connectivity index (χ1n) is 8.58. The zero-order valence-electron chi connectivity index (χ0n) is 15.7. The molecule has 0 aliphatic heterocycles. The van der Waals surface area contributed by atoms with E-state index in [-0.39, 0.29) is 23.7 Å². The fraction of sp³-hybridized carbons (Fsp3) is 0.316. The number of amides is 1. The van der Waals surface area contributed by atoms with Gasteiger partial charge in [0.05, 0.1) is 18.1 Å². The van der Waals surface area contributed by atoms with Crippen LogP contribution in [0.25, 0.3) is 0 Å². The summed E-state index contributed by atoms with van der Waals surface area (Å²) >= 11 is 5.82. The third-order valence-electron chi connectivity index (χ3n) is 3.95. The number of benzene rings is 2. The van der Waals surface area contributed by atoms with E-state index >= 15 is 0 Å². The Hall–Kier alpha value is -2.84. The summed E-state index contributed by atoms with van der Waals surface area (Å²) in [5, 5.41) is 14.4. The molecule has 1 amide bonds. The van der Waals surface area contributed by atoms with E-state index in [1.54, 1.807) is 30.3 Å². The summed E-state index contributed by atoms with van der Waals surface area (Å²) in [5.74, 6) is 0.770. The highest BCUT2D eigenvalue weighted by Crippen LogP contribution is 2.29. The molecule has 0 bridgehead atoms. The Morgan fingerprint density at radius 1 is 1.18 bits per heavy atom. The second kappa shape index (κ2) is 10.5. The SMILES string of the molecule is COc1ccc(NC(=O)CCN(C)CCOc2ccc(Cl)cc2)c([N+](=O)[O-])c1. The van der Waals surface area contributed by atoms with Gasteiger partial charge in [0.2, 0.25) is 5.91 Å². The third kappa shape index (κ3) is 6.71. The molecule has 0 radical (unpaired) electrons. The molecule has 2 aromatic carbocycles. The number of ether oxygens (including phenoxy) is 2. The molecule has 9 heteroatoms. The number of nitro groups is 1. The van der Waals surface area contributed by atoms with Crippen LogP contribution in [0.5, 0.6) is 11.5 Å². The average molecular weight is 408 g/mol. The molecule has 0 spiro atoms. The zero-order chi connectivity index (χ0) is 20.5. The minimum atomic E-state index is -0.557. The van der Waals surface area contributed by atoms with E-state index in [0.717, 1.165) is 5.75 Å².